The number of aryl methyl sites for hydroxylation is 1. The molecule has 4 heteroatoms. The first-order valence-electron chi connectivity index (χ1n) is 6.47. The molecule has 0 spiro atoms. The maximum absolute atomic E-state index is 8.93. The summed E-state index contributed by atoms with van der Waals surface area (Å²) in [6.45, 7) is 4.53. The van der Waals surface area contributed by atoms with Crippen molar-refractivity contribution in [1.82, 2.24) is 9.78 Å². The molecule has 1 aliphatic rings. The van der Waals surface area contributed by atoms with Crippen LogP contribution in [0.15, 0.2) is 0 Å². The summed E-state index contributed by atoms with van der Waals surface area (Å²) in [6.07, 6.45) is 4.36. The molecule has 3 nitrogen and oxygen atoms in total. The molecule has 1 aromatic heterocycles. The molecule has 17 heavy (non-hydrogen) atoms. The summed E-state index contributed by atoms with van der Waals surface area (Å²) >= 11 is 2.04. The third kappa shape index (κ3) is 2.86. The monoisotopic (exact) mass is 254 g/mol. The van der Waals surface area contributed by atoms with Crippen molar-refractivity contribution in [2.75, 3.05) is 18.1 Å². The summed E-state index contributed by atoms with van der Waals surface area (Å²) in [4.78, 5) is 0. The number of aliphatic hydroxyl groups excluding tert-OH is 1. The van der Waals surface area contributed by atoms with Gasteiger partial charge in [0.05, 0.1) is 11.7 Å². The van der Waals surface area contributed by atoms with Crippen molar-refractivity contribution in [2.24, 2.45) is 0 Å². The second kappa shape index (κ2) is 5.91. The van der Waals surface area contributed by atoms with Crippen LogP contribution in [0.5, 0.6) is 0 Å². The Hall–Kier alpha value is -0.480. The smallest absolute Gasteiger partial charge is 0.0628 e. The SMILES string of the molecule is Cc1nn(C2CCCSC2)c(C)c1CCCO. The molecule has 0 aliphatic carbocycles. The molecule has 1 unspecified atom stereocenters. The molecule has 1 atom stereocenters. The number of rotatable bonds is 4. The van der Waals surface area contributed by atoms with Crippen LogP contribution >= 0.6 is 11.8 Å². The Bertz CT molecular complexity index is 370. The van der Waals surface area contributed by atoms with Crippen molar-refractivity contribution in [3.8, 4) is 0 Å². The van der Waals surface area contributed by atoms with Crippen LogP contribution < -0.4 is 0 Å². The first kappa shape index (κ1) is 13.0. The van der Waals surface area contributed by atoms with Crippen molar-refractivity contribution in [2.45, 2.75) is 45.6 Å². The van der Waals surface area contributed by atoms with Crippen LogP contribution in [0.1, 0.15) is 42.3 Å². The topological polar surface area (TPSA) is 38.0 Å². The lowest BCUT2D eigenvalue weighted by Gasteiger charge is -2.23. The van der Waals surface area contributed by atoms with Crippen LogP contribution in [0, 0.1) is 13.8 Å². The lowest BCUT2D eigenvalue weighted by atomic mass is 10.1. The Kier molecular flexibility index (Phi) is 4.51. The van der Waals surface area contributed by atoms with E-state index in [1.807, 2.05) is 11.8 Å². The van der Waals surface area contributed by atoms with Gasteiger partial charge < -0.3 is 5.11 Å². The molecule has 0 radical (unpaired) electrons. The standard InChI is InChI=1S/C13H22N2OS/c1-10-13(6-3-7-16)11(2)15(14-10)12-5-4-8-17-9-12/h12,16H,3-9H2,1-2H3. The van der Waals surface area contributed by atoms with Gasteiger partial charge in [-0.1, -0.05) is 0 Å². The number of hydrogen-bond donors (Lipinski definition) is 1. The highest BCUT2D eigenvalue weighted by Crippen LogP contribution is 2.29. The van der Waals surface area contributed by atoms with Crippen LogP contribution in [0.2, 0.25) is 0 Å². The molecule has 1 saturated heterocycles. The zero-order valence-corrected chi connectivity index (χ0v) is 11.6. The van der Waals surface area contributed by atoms with Gasteiger partial charge in [-0.15, -0.1) is 0 Å². The molecule has 1 N–H and O–H groups in total. The molecule has 1 aromatic rings. The van der Waals surface area contributed by atoms with Gasteiger partial charge in [0.25, 0.3) is 0 Å². The van der Waals surface area contributed by atoms with E-state index in [9.17, 15) is 0 Å². The Labute approximate surface area is 108 Å². The highest BCUT2D eigenvalue weighted by atomic mass is 32.2. The molecule has 1 fully saturated rings. The van der Waals surface area contributed by atoms with Crippen LogP contribution in [-0.4, -0.2) is 33.0 Å². The fourth-order valence-electron chi connectivity index (χ4n) is 2.59. The van der Waals surface area contributed by atoms with Gasteiger partial charge in [-0.05, 0) is 50.8 Å². The van der Waals surface area contributed by atoms with E-state index in [-0.39, 0.29) is 6.61 Å². The lowest BCUT2D eigenvalue weighted by Crippen LogP contribution is -2.18. The first-order valence-corrected chi connectivity index (χ1v) is 7.62. The van der Waals surface area contributed by atoms with E-state index in [1.165, 1.54) is 35.6 Å². The van der Waals surface area contributed by atoms with E-state index in [0.717, 1.165) is 18.5 Å². The number of thioether (sulfide) groups is 1. The van der Waals surface area contributed by atoms with Gasteiger partial charge in [0.2, 0.25) is 0 Å². The quantitative estimate of drug-likeness (QED) is 0.897. The first-order chi connectivity index (χ1) is 8.24. The van der Waals surface area contributed by atoms with Gasteiger partial charge >= 0.3 is 0 Å². The minimum Gasteiger partial charge on any atom is -0.396 e. The number of hydrogen-bond acceptors (Lipinski definition) is 3. The minimum absolute atomic E-state index is 0.267. The minimum atomic E-state index is 0.267. The van der Waals surface area contributed by atoms with Crippen molar-refractivity contribution >= 4 is 11.8 Å². The third-order valence-corrected chi connectivity index (χ3v) is 4.74. The number of aromatic nitrogens is 2. The van der Waals surface area contributed by atoms with E-state index in [2.05, 4.69) is 18.5 Å². The van der Waals surface area contributed by atoms with E-state index in [0.29, 0.717) is 6.04 Å². The van der Waals surface area contributed by atoms with Gasteiger partial charge in [-0.3, -0.25) is 4.68 Å². The van der Waals surface area contributed by atoms with Gasteiger partial charge in [0.1, 0.15) is 0 Å². The predicted octanol–water partition coefficient (Wildman–Crippen LogP) is 2.49. The maximum atomic E-state index is 8.93. The highest BCUT2D eigenvalue weighted by Gasteiger charge is 2.20. The average molecular weight is 254 g/mol. The summed E-state index contributed by atoms with van der Waals surface area (Å²) in [5, 5.41) is 13.6. The van der Waals surface area contributed by atoms with Crippen molar-refractivity contribution in [3.63, 3.8) is 0 Å². The van der Waals surface area contributed by atoms with Crippen LogP contribution in [0.4, 0.5) is 0 Å². The third-order valence-electron chi connectivity index (χ3n) is 3.54. The molecule has 0 bridgehead atoms. The largest absolute Gasteiger partial charge is 0.396 e. The lowest BCUT2D eigenvalue weighted by molar-refractivity contribution is 0.288. The van der Waals surface area contributed by atoms with Crippen LogP contribution in [0.3, 0.4) is 0 Å². The summed E-state index contributed by atoms with van der Waals surface area (Å²) in [6, 6.07) is 0.579. The van der Waals surface area contributed by atoms with Crippen molar-refractivity contribution < 1.29 is 5.11 Å². The summed E-state index contributed by atoms with van der Waals surface area (Å²) in [7, 11) is 0. The predicted molar refractivity (Wildman–Crippen MR) is 72.7 cm³/mol. The summed E-state index contributed by atoms with van der Waals surface area (Å²) in [5.41, 5.74) is 3.80. The normalized spacial score (nSPS) is 20.8. The number of nitrogens with zero attached hydrogens (tertiary/aromatic N) is 2. The van der Waals surface area contributed by atoms with Gasteiger partial charge in [0.15, 0.2) is 0 Å². The van der Waals surface area contributed by atoms with E-state index >= 15 is 0 Å². The Morgan fingerprint density at radius 3 is 2.94 bits per heavy atom. The van der Waals surface area contributed by atoms with E-state index < -0.39 is 0 Å². The molecule has 0 amide bonds. The van der Waals surface area contributed by atoms with E-state index in [1.54, 1.807) is 0 Å². The average Bonchev–Trinajstić information content (AvgIpc) is 2.64. The second-order valence-electron chi connectivity index (χ2n) is 4.79. The Morgan fingerprint density at radius 1 is 1.47 bits per heavy atom. The highest BCUT2D eigenvalue weighted by molar-refractivity contribution is 7.99. The van der Waals surface area contributed by atoms with Crippen LogP contribution in [-0.2, 0) is 6.42 Å². The molecular formula is C13H22N2OS. The van der Waals surface area contributed by atoms with E-state index in [4.69, 9.17) is 10.2 Å². The Balaban J connectivity index is 2.17. The molecule has 0 aromatic carbocycles. The second-order valence-corrected chi connectivity index (χ2v) is 5.94. The number of aliphatic hydroxyl groups is 1. The molecule has 96 valence electrons. The molecule has 0 saturated carbocycles. The van der Waals surface area contributed by atoms with Gasteiger partial charge in [-0.2, -0.15) is 16.9 Å². The molecule has 1 aliphatic heterocycles. The zero-order valence-electron chi connectivity index (χ0n) is 10.8. The fraction of sp³-hybridized carbons (Fsp3) is 0.769. The zero-order chi connectivity index (χ0) is 12.3. The summed E-state index contributed by atoms with van der Waals surface area (Å²) in [5.74, 6) is 2.49. The van der Waals surface area contributed by atoms with Crippen molar-refractivity contribution in [3.05, 3.63) is 17.0 Å². The molecule has 2 rings (SSSR count). The molecular weight excluding hydrogens is 232 g/mol. The maximum Gasteiger partial charge on any atom is 0.0628 e. The van der Waals surface area contributed by atoms with Crippen molar-refractivity contribution in [1.29, 1.82) is 0 Å². The summed E-state index contributed by atoms with van der Waals surface area (Å²) < 4.78 is 2.23. The Morgan fingerprint density at radius 2 is 2.29 bits per heavy atom. The fourth-order valence-corrected chi connectivity index (χ4v) is 3.70. The van der Waals surface area contributed by atoms with Gasteiger partial charge in [0, 0.05) is 18.1 Å². The van der Waals surface area contributed by atoms with Crippen LogP contribution in [0.25, 0.3) is 0 Å². The van der Waals surface area contributed by atoms with Gasteiger partial charge in [-0.25, -0.2) is 0 Å². The molecule has 2 heterocycles.